The van der Waals surface area contributed by atoms with Crippen LogP contribution in [0.1, 0.15) is 17.2 Å². The van der Waals surface area contributed by atoms with Crippen LogP contribution >= 0.6 is 0 Å². The summed E-state index contributed by atoms with van der Waals surface area (Å²) in [5.41, 5.74) is 2.60. The molecule has 2 aliphatic heterocycles. The van der Waals surface area contributed by atoms with E-state index in [4.69, 9.17) is 14.2 Å². The van der Waals surface area contributed by atoms with E-state index in [1.807, 2.05) is 6.07 Å². The van der Waals surface area contributed by atoms with Crippen LogP contribution in [-0.2, 0) is 11.2 Å². The normalized spacial score (nSPS) is 23.1. The number of rotatable bonds is 2. The number of hydrogen-bond acceptors (Lipinski definition) is 4. The molecule has 0 aromatic heterocycles. The molecule has 0 aliphatic carbocycles. The van der Waals surface area contributed by atoms with E-state index in [0.29, 0.717) is 6.04 Å². The van der Waals surface area contributed by atoms with E-state index in [9.17, 15) is 0 Å². The van der Waals surface area contributed by atoms with E-state index in [1.54, 1.807) is 14.2 Å². The van der Waals surface area contributed by atoms with Gasteiger partial charge in [-0.2, -0.15) is 0 Å². The average Bonchev–Trinajstić information content (AvgIpc) is 2.85. The second-order valence-corrected chi connectivity index (χ2v) is 4.45. The molecule has 0 spiro atoms. The average molecular weight is 235 g/mol. The van der Waals surface area contributed by atoms with Crippen molar-refractivity contribution in [2.75, 3.05) is 34.1 Å². The van der Waals surface area contributed by atoms with E-state index < -0.39 is 0 Å². The Bertz CT molecular complexity index is 433. The molecular weight excluding hydrogens is 218 g/mol. The molecule has 3 rings (SSSR count). The van der Waals surface area contributed by atoms with Crippen LogP contribution in [0.3, 0.4) is 0 Å². The zero-order chi connectivity index (χ0) is 11.8. The van der Waals surface area contributed by atoms with Crippen molar-refractivity contribution in [1.82, 2.24) is 4.90 Å². The molecule has 0 radical (unpaired) electrons. The zero-order valence-electron chi connectivity index (χ0n) is 10.2. The maximum atomic E-state index is 5.53. The van der Waals surface area contributed by atoms with Gasteiger partial charge in [0.1, 0.15) is 0 Å². The van der Waals surface area contributed by atoms with Gasteiger partial charge in [-0.25, -0.2) is 0 Å². The minimum Gasteiger partial charge on any atom is -0.493 e. The summed E-state index contributed by atoms with van der Waals surface area (Å²) in [5, 5.41) is 0. The third kappa shape index (κ3) is 1.59. The first-order valence-electron chi connectivity index (χ1n) is 5.90. The Morgan fingerprint density at radius 2 is 2.18 bits per heavy atom. The second kappa shape index (κ2) is 4.20. The maximum absolute atomic E-state index is 5.53. The Kier molecular flexibility index (Phi) is 2.68. The van der Waals surface area contributed by atoms with Gasteiger partial charge < -0.3 is 14.2 Å². The number of hydrogen-bond donors (Lipinski definition) is 0. The summed E-state index contributed by atoms with van der Waals surface area (Å²) in [6.45, 7) is 2.56. The Labute approximate surface area is 101 Å². The summed E-state index contributed by atoms with van der Waals surface area (Å²) in [6, 6.07) is 4.51. The van der Waals surface area contributed by atoms with Crippen molar-refractivity contribution in [3.8, 4) is 11.5 Å². The molecule has 0 bridgehead atoms. The van der Waals surface area contributed by atoms with Crippen molar-refractivity contribution in [1.29, 1.82) is 0 Å². The van der Waals surface area contributed by atoms with Gasteiger partial charge in [0, 0.05) is 12.1 Å². The Morgan fingerprint density at radius 3 is 2.94 bits per heavy atom. The summed E-state index contributed by atoms with van der Waals surface area (Å²) >= 11 is 0. The van der Waals surface area contributed by atoms with Gasteiger partial charge in [-0.15, -0.1) is 0 Å². The fourth-order valence-electron chi connectivity index (χ4n) is 2.82. The third-order valence-corrected chi connectivity index (χ3v) is 3.67. The smallest absolute Gasteiger partial charge is 0.164 e. The van der Waals surface area contributed by atoms with Crippen LogP contribution in [0.4, 0.5) is 0 Å². The summed E-state index contributed by atoms with van der Waals surface area (Å²) < 4.78 is 16.4. The van der Waals surface area contributed by atoms with Crippen molar-refractivity contribution < 1.29 is 14.2 Å². The van der Waals surface area contributed by atoms with Crippen molar-refractivity contribution in [2.45, 2.75) is 12.5 Å². The minimum absolute atomic E-state index is 0.388. The van der Waals surface area contributed by atoms with Gasteiger partial charge in [0.05, 0.1) is 33.6 Å². The van der Waals surface area contributed by atoms with Gasteiger partial charge in [0.15, 0.2) is 11.5 Å². The van der Waals surface area contributed by atoms with E-state index >= 15 is 0 Å². The Morgan fingerprint density at radius 1 is 1.29 bits per heavy atom. The first-order valence-corrected chi connectivity index (χ1v) is 5.90. The van der Waals surface area contributed by atoms with Crippen molar-refractivity contribution >= 4 is 0 Å². The molecular formula is C13H17NO3. The standard InChI is InChI=1S/C13H17NO3/c1-15-12-4-3-9-10(13(12)16-2)5-6-14-8-17-7-11(9)14/h3-4,11H,5-8H2,1-2H3. The molecule has 1 fully saturated rings. The van der Waals surface area contributed by atoms with Gasteiger partial charge in [-0.1, -0.05) is 6.07 Å². The van der Waals surface area contributed by atoms with Crippen LogP contribution in [-0.4, -0.2) is 39.0 Å². The summed E-state index contributed by atoms with van der Waals surface area (Å²) in [4.78, 5) is 2.37. The van der Waals surface area contributed by atoms with Crippen molar-refractivity contribution in [2.24, 2.45) is 0 Å². The van der Waals surface area contributed by atoms with Crippen molar-refractivity contribution in [3.05, 3.63) is 23.3 Å². The predicted octanol–water partition coefficient (Wildman–Crippen LogP) is 1.59. The lowest BCUT2D eigenvalue weighted by Gasteiger charge is -2.31. The number of ether oxygens (including phenoxy) is 3. The zero-order valence-corrected chi connectivity index (χ0v) is 10.2. The molecule has 2 aliphatic rings. The number of nitrogens with zero attached hydrogens (tertiary/aromatic N) is 1. The number of fused-ring (bicyclic) bond motifs is 3. The summed E-state index contributed by atoms with van der Waals surface area (Å²) in [6.07, 6.45) is 0.996. The molecule has 1 aromatic carbocycles. The van der Waals surface area contributed by atoms with Gasteiger partial charge in [0.25, 0.3) is 0 Å². The fourth-order valence-corrected chi connectivity index (χ4v) is 2.82. The highest BCUT2D eigenvalue weighted by molar-refractivity contribution is 5.53. The van der Waals surface area contributed by atoms with Gasteiger partial charge in [0.2, 0.25) is 0 Å². The molecule has 1 atom stereocenters. The van der Waals surface area contributed by atoms with Crippen LogP contribution in [0.2, 0.25) is 0 Å². The molecule has 0 amide bonds. The molecule has 1 unspecified atom stereocenters. The molecule has 1 aromatic rings. The van der Waals surface area contributed by atoms with Crippen LogP contribution in [0.5, 0.6) is 11.5 Å². The Hall–Kier alpha value is -1.26. The summed E-state index contributed by atoms with van der Waals surface area (Å²) in [7, 11) is 3.38. The molecule has 0 N–H and O–H groups in total. The predicted molar refractivity (Wildman–Crippen MR) is 63.5 cm³/mol. The van der Waals surface area contributed by atoms with Gasteiger partial charge in [-0.05, 0) is 18.1 Å². The Balaban J connectivity index is 2.09. The molecule has 4 nitrogen and oxygen atoms in total. The quantitative estimate of drug-likeness (QED) is 0.779. The van der Waals surface area contributed by atoms with E-state index in [1.165, 1.54) is 11.1 Å². The number of methoxy groups -OCH3 is 2. The van der Waals surface area contributed by atoms with Crippen LogP contribution in [0, 0.1) is 0 Å². The SMILES string of the molecule is COc1ccc2c(c1OC)CCN1COCC21. The fraction of sp³-hybridized carbons (Fsp3) is 0.538. The molecule has 2 heterocycles. The third-order valence-electron chi connectivity index (χ3n) is 3.67. The maximum Gasteiger partial charge on any atom is 0.164 e. The van der Waals surface area contributed by atoms with Gasteiger partial charge in [-0.3, -0.25) is 4.90 Å². The van der Waals surface area contributed by atoms with Crippen molar-refractivity contribution in [3.63, 3.8) is 0 Å². The first-order chi connectivity index (χ1) is 8.35. The second-order valence-electron chi connectivity index (χ2n) is 4.45. The lowest BCUT2D eigenvalue weighted by molar-refractivity contribution is 0.137. The summed E-state index contributed by atoms with van der Waals surface area (Å²) in [5.74, 6) is 1.70. The monoisotopic (exact) mass is 235 g/mol. The first kappa shape index (κ1) is 10.9. The number of benzene rings is 1. The molecule has 1 saturated heterocycles. The topological polar surface area (TPSA) is 30.9 Å². The molecule has 0 saturated carbocycles. The molecule has 4 heteroatoms. The lowest BCUT2D eigenvalue weighted by Crippen LogP contribution is -2.32. The van der Waals surface area contributed by atoms with Crippen LogP contribution < -0.4 is 9.47 Å². The van der Waals surface area contributed by atoms with E-state index in [2.05, 4.69) is 11.0 Å². The highest BCUT2D eigenvalue weighted by Gasteiger charge is 2.34. The lowest BCUT2D eigenvalue weighted by atomic mass is 9.92. The van der Waals surface area contributed by atoms with Crippen LogP contribution in [0.25, 0.3) is 0 Å². The van der Waals surface area contributed by atoms with E-state index in [-0.39, 0.29) is 0 Å². The largest absolute Gasteiger partial charge is 0.493 e. The molecule has 17 heavy (non-hydrogen) atoms. The highest BCUT2D eigenvalue weighted by Crippen LogP contribution is 2.41. The molecule has 92 valence electrons. The van der Waals surface area contributed by atoms with E-state index in [0.717, 1.165) is 37.8 Å². The van der Waals surface area contributed by atoms with Gasteiger partial charge >= 0.3 is 0 Å². The van der Waals surface area contributed by atoms with Crippen LogP contribution in [0.15, 0.2) is 12.1 Å². The highest BCUT2D eigenvalue weighted by atomic mass is 16.5. The minimum atomic E-state index is 0.388.